The number of carbonyl (C=O) groups is 3. The fraction of sp³-hybridized carbons (Fsp3) is 0.444. The second kappa shape index (κ2) is 12.7. The summed E-state index contributed by atoms with van der Waals surface area (Å²) < 4.78 is 27.3. The fourth-order valence-electron chi connectivity index (χ4n) is 4.43. The van der Waals surface area contributed by atoms with Crippen LogP contribution in [0.4, 0.5) is 5.69 Å². The summed E-state index contributed by atoms with van der Waals surface area (Å²) in [5, 5.41) is 3.07. The van der Waals surface area contributed by atoms with E-state index in [-0.39, 0.29) is 30.0 Å². The van der Waals surface area contributed by atoms with Crippen LogP contribution in [0, 0.1) is 0 Å². The number of amides is 2. The third-order valence-electron chi connectivity index (χ3n) is 6.60. The molecule has 1 aliphatic carbocycles. The summed E-state index contributed by atoms with van der Waals surface area (Å²) in [5.41, 5.74) is 1.36. The first-order chi connectivity index (χ1) is 17.5. The van der Waals surface area contributed by atoms with Gasteiger partial charge in [0.25, 0.3) is 0 Å². The molecule has 2 amide bonds. The standard InChI is InChI=1S/C27H34BrN3O5S/c1-19(27(34)29-24-9-5-4-6-10-24)30(17-21-12-14-23(28)15-13-21)26(33)18-31(37(3,35)36)25-11-7-8-22(16-25)20(2)32/h7-8,11-16,19,24H,4-6,9-10,17-18H2,1-3H3,(H,29,34). The number of sulfonamides is 1. The molecule has 37 heavy (non-hydrogen) atoms. The number of anilines is 1. The minimum absolute atomic E-state index is 0.0789. The number of hydrogen-bond donors (Lipinski definition) is 1. The maximum Gasteiger partial charge on any atom is 0.244 e. The van der Waals surface area contributed by atoms with Crippen molar-refractivity contribution in [2.75, 3.05) is 17.1 Å². The molecule has 0 heterocycles. The van der Waals surface area contributed by atoms with Crippen LogP contribution < -0.4 is 9.62 Å². The van der Waals surface area contributed by atoms with Crippen molar-refractivity contribution in [2.24, 2.45) is 0 Å². The van der Waals surface area contributed by atoms with Gasteiger partial charge in [-0.1, -0.05) is 59.5 Å². The van der Waals surface area contributed by atoms with Crippen LogP contribution in [0.5, 0.6) is 0 Å². The average Bonchev–Trinajstić information content (AvgIpc) is 2.86. The highest BCUT2D eigenvalue weighted by atomic mass is 79.9. The fourth-order valence-corrected chi connectivity index (χ4v) is 5.54. The van der Waals surface area contributed by atoms with Crippen molar-refractivity contribution in [2.45, 2.75) is 64.6 Å². The van der Waals surface area contributed by atoms with E-state index in [2.05, 4.69) is 21.2 Å². The van der Waals surface area contributed by atoms with Gasteiger partial charge in [-0.2, -0.15) is 0 Å². The summed E-state index contributed by atoms with van der Waals surface area (Å²) in [6, 6.07) is 12.8. The average molecular weight is 593 g/mol. The van der Waals surface area contributed by atoms with Crippen LogP contribution in [0.2, 0.25) is 0 Å². The lowest BCUT2D eigenvalue weighted by molar-refractivity contribution is -0.139. The van der Waals surface area contributed by atoms with Crippen LogP contribution in [0.3, 0.4) is 0 Å². The normalized spacial score (nSPS) is 15.0. The van der Waals surface area contributed by atoms with E-state index in [0.29, 0.717) is 5.56 Å². The summed E-state index contributed by atoms with van der Waals surface area (Å²) in [4.78, 5) is 40.1. The van der Waals surface area contributed by atoms with Crippen LogP contribution in [0.1, 0.15) is 61.9 Å². The molecule has 200 valence electrons. The lowest BCUT2D eigenvalue weighted by Gasteiger charge is -2.33. The predicted molar refractivity (Wildman–Crippen MR) is 148 cm³/mol. The Hall–Kier alpha value is -2.72. The molecule has 1 unspecified atom stereocenters. The van der Waals surface area contributed by atoms with Crippen molar-refractivity contribution in [1.82, 2.24) is 10.2 Å². The quantitative estimate of drug-likeness (QED) is 0.415. The molecule has 0 aromatic heterocycles. The topological polar surface area (TPSA) is 104 Å². The second-order valence-corrected chi connectivity index (χ2v) is 12.4. The highest BCUT2D eigenvalue weighted by molar-refractivity contribution is 9.10. The van der Waals surface area contributed by atoms with E-state index in [1.54, 1.807) is 25.1 Å². The SMILES string of the molecule is CC(=O)c1cccc(N(CC(=O)N(Cc2ccc(Br)cc2)C(C)C(=O)NC2CCCCC2)S(C)(=O)=O)c1. The summed E-state index contributed by atoms with van der Waals surface area (Å²) >= 11 is 3.40. The largest absolute Gasteiger partial charge is 0.352 e. The third-order valence-corrected chi connectivity index (χ3v) is 8.27. The van der Waals surface area contributed by atoms with E-state index in [4.69, 9.17) is 0 Å². The highest BCUT2D eigenvalue weighted by Gasteiger charge is 2.31. The molecule has 3 rings (SSSR count). The van der Waals surface area contributed by atoms with Crippen LogP contribution >= 0.6 is 15.9 Å². The molecule has 8 nitrogen and oxygen atoms in total. The molecule has 10 heteroatoms. The second-order valence-electron chi connectivity index (χ2n) is 9.54. The number of hydrogen-bond acceptors (Lipinski definition) is 5. The monoisotopic (exact) mass is 591 g/mol. The van der Waals surface area contributed by atoms with Gasteiger partial charge in [0, 0.05) is 22.6 Å². The molecular weight excluding hydrogens is 558 g/mol. The molecule has 0 radical (unpaired) electrons. The van der Waals surface area contributed by atoms with E-state index < -0.39 is 28.5 Å². The van der Waals surface area contributed by atoms with Crippen molar-refractivity contribution in [1.29, 1.82) is 0 Å². The summed E-state index contributed by atoms with van der Waals surface area (Å²) in [7, 11) is -3.87. The highest BCUT2D eigenvalue weighted by Crippen LogP contribution is 2.22. The third kappa shape index (κ3) is 8.13. The van der Waals surface area contributed by atoms with Gasteiger partial charge in [0.2, 0.25) is 21.8 Å². The Labute approximate surface area is 227 Å². The first kappa shape index (κ1) is 28.8. The molecular formula is C27H34BrN3O5S. The van der Waals surface area contributed by atoms with Gasteiger partial charge < -0.3 is 10.2 Å². The Balaban J connectivity index is 1.89. The van der Waals surface area contributed by atoms with Gasteiger partial charge in [-0.15, -0.1) is 0 Å². The van der Waals surface area contributed by atoms with Gasteiger partial charge in [-0.25, -0.2) is 8.42 Å². The number of ketones is 1. The van der Waals surface area contributed by atoms with Crippen LogP contribution in [-0.2, 0) is 26.2 Å². The van der Waals surface area contributed by atoms with Gasteiger partial charge >= 0.3 is 0 Å². The van der Waals surface area contributed by atoms with Crippen LogP contribution in [0.15, 0.2) is 53.0 Å². The molecule has 1 aliphatic rings. The molecule has 1 saturated carbocycles. The zero-order chi connectivity index (χ0) is 27.2. The van der Waals surface area contributed by atoms with E-state index in [9.17, 15) is 22.8 Å². The molecule has 1 atom stereocenters. The molecule has 1 N–H and O–H groups in total. The molecule has 0 spiro atoms. The van der Waals surface area contributed by atoms with Crippen molar-refractivity contribution in [3.05, 3.63) is 64.1 Å². The first-order valence-electron chi connectivity index (χ1n) is 12.4. The zero-order valence-electron chi connectivity index (χ0n) is 21.4. The molecule has 1 fully saturated rings. The molecule has 2 aromatic rings. The van der Waals surface area contributed by atoms with Crippen LogP contribution in [-0.4, -0.2) is 55.8 Å². The van der Waals surface area contributed by atoms with Gasteiger partial charge in [0.05, 0.1) is 11.9 Å². The smallest absolute Gasteiger partial charge is 0.244 e. The van der Waals surface area contributed by atoms with Gasteiger partial charge in [-0.3, -0.25) is 18.7 Å². The molecule has 2 aromatic carbocycles. The number of nitrogens with one attached hydrogen (secondary N) is 1. The van der Waals surface area contributed by atoms with Gasteiger partial charge in [0.1, 0.15) is 12.6 Å². The van der Waals surface area contributed by atoms with Crippen molar-refractivity contribution in [3.63, 3.8) is 0 Å². The number of nitrogens with zero attached hydrogens (tertiary/aromatic N) is 2. The summed E-state index contributed by atoms with van der Waals surface area (Å²) in [5.74, 6) is -0.999. The summed E-state index contributed by atoms with van der Waals surface area (Å²) in [6.07, 6.45) is 6.11. The van der Waals surface area contributed by atoms with E-state index >= 15 is 0 Å². The lowest BCUT2D eigenvalue weighted by Crippen LogP contribution is -2.53. The van der Waals surface area contributed by atoms with Gasteiger partial charge in [0.15, 0.2) is 5.78 Å². The van der Waals surface area contributed by atoms with E-state index in [0.717, 1.165) is 52.7 Å². The van der Waals surface area contributed by atoms with Crippen molar-refractivity contribution >= 4 is 49.2 Å². The first-order valence-corrected chi connectivity index (χ1v) is 15.0. The zero-order valence-corrected chi connectivity index (χ0v) is 23.8. The number of carbonyl (C=O) groups excluding carboxylic acids is 3. The Morgan fingerprint density at radius 3 is 2.30 bits per heavy atom. The van der Waals surface area contributed by atoms with Crippen LogP contribution in [0.25, 0.3) is 0 Å². The number of rotatable bonds is 10. The number of halogens is 1. The minimum Gasteiger partial charge on any atom is -0.352 e. The van der Waals surface area contributed by atoms with Crippen molar-refractivity contribution in [3.8, 4) is 0 Å². The molecule has 0 aliphatic heterocycles. The Kier molecular flexibility index (Phi) is 9.89. The Morgan fingerprint density at radius 2 is 1.70 bits per heavy atom. The number of Topliss-reactive ketones (excluding diaryl/α,β-unsaturated/α-hetero) is 1. The Bertz CT molecular complexity index is 1230. The maximum atomic E-state index is 13.7. The minimum atomic E-state index is -3.87. The predicted octanol–water partition coefficient (Wildman–Crippen LogP) is 4.28. The maximum absolute atomic E-state index is 13.7. The van der Waals surface area contributed by atoms with E-state index in [1.807, 2.05) is 24.3 Å². The molecule has 0 saturated heterocycles. The lowest BCUT2D eigenvalue weighted by atomic mass is 9.95. The van der Waals surface area contributed by atoms with E-state index in [1.165, 1.54) is 17.9 Å². The van der Waals surface area contributed by atoms with Crippen molar-refractivity contribution < 1.29 is 22.8 Å². The Morgan fingerprint density at radius 1 is 1.05 bits per heavy atom. The number of benzene rings is 2. The summed E-state index contributed by atoms with van der Waals surface area (Å²) in [6.45, 7) is 2.69. The molecule has 0 bridgehead atoms. The van der Waals surface area contributed by atoms with Gasteiger partial charge in [-0.05, 0) is 56.5 Å².